The largest absolute Gasteiger partial charge is 0.506 e. The van der Waals surface area contributed by atoms with Gasteiger partial charge in [-0.2, -0.15) is 0 Å². The van der Waals surface area contributed by atoms with E-state index in [-0.39, 0.29) is 51.8 Å². The van der Waals surface area contributed by atoms with Crippen LogP contribution in [0.1, 0.15) is 58.1 Å². The minimum atomic E-state index is -1.01. The third-order valence-electron chi connectivity index (χ3n) is 10.7. The summed E-state index contributed by atoms with van der Waals surface area (Å²) in [5, 5.41) is 37.6. The highest BCUT2D eigenvalue weighted by Gasteiger charge is 2.30. The lowest BCUT2D eigenvalue weighted by Crippen LogP contribution is -2.37. The molecule has 6 atom stereocenters. The van der Waals surface area contributed by atoms with Crippen molar-refractivity contribution in [3.05, 3.63) is 87.1 Å². The number of primary amides is 1. The molecular weight excluding hydrogens is 785 g/mol. The topological polar surface area (TPSA) is 216 Å². The number of methoxy groups -OCH3 is 2. The average Bonchev–Trinajstić information content (AvgIpc) is 3.24. The first kappa shape index (κ1) is 46.2. The molecule has 15 nitrogen and oxygen atoms in total. The van der Waals surface area contributed by atoms with Crippen LogP contribution in [-0.4, -0.2) is 98.5 Å². The lowest BCUT2D eigenvalue weighted by Gasteiger charge is -2.29. The van der Waals surface area contributed by atoms with Gasteiger partial charge in [-0.25, -0.2) is 4.79 Å². The Hall–Kier alpha value is -5.92. The molecule has 2 amide bonds. The third kappa shape index (κ3) is 11.9. The van der Waals surface area contributed by atoms with Crippen LogP contribution in [-0.2, 0) is 30.2 Å². The van der Waals surface area contributed by atoms with Crippen molar-refractivity contribution in [2.75, 3.05) is 50.7 Å². The van der Waals surface area contributed by atoms with E-state index in [9.17, 15) is 29.7 Å². The minimum absolute atomic E-state index is 0.0239. The standard InChI is InChI=1S/C46H56N4O11/c1-27-22-33-40(48-17-9-7-8-13-31-14-11-15-32-35(51)26-39(60-44(31)32)50-18-20-59-21-19-50)36(52)25-34(42(33)54)49-45(55)28(2)12-10-16-37(57-5)43(61-46(47)56)30(4)24-29(3)41(53)38(23-27)58-6/h10-12,14-17,24-27,29,37-38,41,43,52-54H,7,9,18-23H2,1-6H3,(H2,47,56)(H,49,55)/b16-10?,28-12+,30-24+,48-17?/t27-,29+,37+,38+,41-,43+/m1/s1. The molecule has 2 bridgehead atoms. The number of rotatable bonds is 7. The number of para-hydroxylation sites is 1. The molecule has 326 valence electrons. The van der Waals surface area contributed by atoms with Gasteiger partial charge in [0.1, 0.15) is 23.3 Å². The van der Waals surface area contributed by atoms with Crippen molar-refractivity contribution in [3.8, 4) is 23.3 Å². The number of aliphatic hydroxyl groups excluding tert-OH is 1. The van der Waals surface area contributed by atoms with Gasteiger partial charge >= 0.3 is 6.09 Å². The Morgan fingerprint density at radius 3 is 2.57 bits per heavy atom. The van der Waals surface area contributed by atoms with Crippen molar-refractivity contribution >= 4 is 46.4 Å². The van der Waals surface area contributed by atoms with Crippen LogP contribution in [0.3, 0.4) is 0 Å². The molecule has 2 aliphatic heterocycles. The Balaban J connectivity index is 1.43. The Kier molecular flexibility index (Phi) is 16.3. The molecule has 1 saturated heterocycles. The number of nitrogens with two attached hydrogens (primary N) is 1. The van der Waals surface area contributed by atoms with Crippen molar-refractivity contribution in [1.82, 2.24) is 0 Å². The van der Waals surface area contributed by atoms with Gasteiger partial charge in [0.05, 0.1) is 42.1 Å². The number of phenols is 2. The lowest BCUT2D eigenvalue weighted by molar-refractivity contribution is -0.112. The van der Waals surface area contributed by atoms with Gasteiger partial charge in [-0.15, -0.1) is 0 Å². The number of nitrogens with zero attached hydrogens (tertiary/aromatic N) is 2. The predicted molar refractivity (Wildman–Crippen MR) is 234 cm³/mol. The van der Waals surface area contributed by atoms with Gasteiger partial charge in [-0.05, 0) is 56.7 Å². The monoisotopic (exact) mass is 840 g/mol. The van der Waals surface area contributed by atoms with E-state index < -0.39 is 42.3 Å². The molecule has 0 spiro atoms. The predicted octanol–water partition coefficient (Wildman–Crippen LogP) is 6.04. The minimum Gasteiger partial charge on any atom is -0.506 e. The normalized spacial score (nSPS) is 24.9. The molecular formula is C46H56N4O11. The summed E-state index contributed by atoms with van der Waals surface area (Å²) in [5.74, 6) is 4.91. The average molecular weight is 841 g/mol. The van der Waals surface area contributed by atoms with Crippen LogP contribution in [0.15, 0.2) is 80.0 Å². The number of phenolic OH excluding ortho intramolecular Hbond substituents is 2. The summed E-state index contributed by atoms with van der Waals surface area (Å²) in [6.07, 6.45) is 4.91. The molecule has 3 heterocycles. The molecule has 1 aromatic heterocycles. The molecule has 5 rings (SSSR count). The molecule has 2 aromatic carbocycles. The number of aromatic hydroxyl groups is 2. The number of hydrogen-bond donors (Lipinski definition) is 5. The maximum absolute atomic E-state index is 13.3. The van der Waals surface area contributed by atoms with Crippen LogP contribution < -0.4 is 21.4 Å². The second kappa shape index (κ2) is 21.6. The quantitative estimate of drug-likeness (QED) is 0.0460. The summed E-state index contributed by atoms with van der Waals surface area (Å²) in [6.45, 7) is 9.35. The molecule has 6 N–H and O–H groups in total. The third-order valence-corrected chi connectivity index (χ3v) is 10.7. The Morgan fingerprint density at radius 2 is 1.87 bits per heavy atom. The van der Waals surface area contributed by atoms with Crippen molar-refractivity contribution < 1.29 is 48.3 Å². The number of allylic oxidation sites excluding steroid dienone is 2. The van der Waals surface area contributed by atoms with Crippen molar-refractivity contribution in [1.29, 1.82) is 0 Å². The maximum Gasteiger partial charge on any atom is 0.405 e. The van der Waals surface area contributed by atoms with Gasteiger partial charge in [0.2, 0.25) is 0 Å². The number of hydrogen-bond acceptors (Lipinski definition) is 13. The van der Waals surface area contributed by atoms with Gasteiger partial charge in [0.15, 0.2) is 23.0 Å². The van der Waals surface area contributed by atoms with Crippen LogP contribution in [0.4, 0.5) is 22.1 Å². The zero-order valence-electron chi connectivity index (χ0n) is 35.5. The van der Waals surface area contributed by atoms with E-state index >= 15 is 0 Å². The number of fused-ring (bicyclic) bond motifs is 3. The molecule has 15 heteroatoms. The number of benzene rings is 2. The molecule has 61 heavy (non-hydrogen) atoms. The summed E-state index contributed by atoms with van der Waals surface area (Å²) in [7, 11) is 2.93. The number of aliphatic imine (C=N–C) groups is 1. The smallest absolute Gasteiger partial charge is 0.405 e. The number of amides is 2. The van der Waals surface area contributed by atoms with E-state index in [1.165, 1.54) is 32.4 Å². The summed E-state index contributed by atoms with van der Waals surface area (Å²) in [4.78, 5) is 44.8. The van der Waals surface area contributed by atoms with E-state index in [1.54, 1.807) is 56.5 Å². The Labute approximate surface area is 355 Å². The lowest BCUT2D eigenvalue weighted by atomic mass is 9.87. The number of morpholine rings is 1. The second-order valence-corrected chi connectivity index (χ2v) is 15.3. The Bertz CT molecular complexity index is 2300. The van der Waals surface area contributed by atoms with E-state index in [4.69, 9.17) is 29.1 Å². The molecule has 3 aromatic rings. The number of aliphatic hydroxyl groups is 1. The number of unbranched alkanes of at least 4 members (excludes halogenated alkanes) is 1. The van der Waals surface area contributed by atoms with Gasteiger partial charge < -0.3 is 54.6 Å². The van der Waals surface area contributed by atoms with Gasteiger partial charge in [0.25, 0.3) is 5.91 Å². The number of ether oxygens (including phenoxy) is 4. The number of anilines is 2. The summed E-state index contributed by atoms with van der Waals surface area (Å²) < 4.78 is 28.4. The highest BCUT2D eigenvalue weighted by molar-refractivity contribution is 6.05. The van der Waals surface area contributed by atoms with E-state index in [0.29, 0.717) is 73.6 Å². The summed E-state index contributed by atoms with van der Waals surface area (Å²) >= 11 is 0. The first-order valence-corrected chi connectivity index (χ1v) is 20.3. The van der Waals surface area contributed by atoms with Crippen molar-refractivity contribution in [3.63, 3.8) is 0 Å². The fourth-order valence-electron chi connectivity index (χ4n) is 7.39. The molecule has 0 saturated carbocycles. The number of carbonyl (C=O) groups is 2. The number of carbonyl (C=O) groups excluding carboxylic acids is 2. The highest BCUT2D eigenvalue weighted by Crippen LogP contribution is 2.44. The fraction of sp³-hybridized carbons (Fsp3) is 0.435. The molecule has 2 aliphatic rings. The summed E-state index contributed by atoms with van der Waals surface area (Å²) in [5.41, 5.74) is 7.46. The molecule has 1 fully saturated rings. The van der Waals surface area contributed by atoms with Crippen LogP contribution in [0, 0.1) is 23.7 Å². The zero-order chi connectivity index (χ0) is 44.2. The van der Waals surface area contributed by atoms with Crippen LogP contribution in [0.2, 0.25) is 0 Å². The SMILES string of the molecule is CO[C@H]1C=C/C=C(\C)C(=O)Nc2cc(O)c(N=CCCC#Cc3cccc4c(=O)cc(N5CCOCC5)oc34)c(c2O)C[C@@H](C)C[C@H](OC)[C@H](O)[C@@H](C)/C=C(\C)[C@@H]1OC(N)=O. The zero-order valence-corrected chi connectivity index (χ0v) is 35.5. The Morgan fingerprint density at radius 1 is 1.11 bits per heavy atom. The van der Waals surface area contributed by atoms with E-state index in [2.05, 4.69) is 22.2 Å². The van der Waals surface area contributed by atoms with Crippen molar-refractivity contribution in [2.24, 2.45) is 22.6 Å². The first-order valence-electron chi connectivity index (χ1n) is 20.3. The molecule has 0 unspecified atom stereocenters. The maximum atomic E-state index is 13.3. The number of nitrogens with one attached hydrogen (secondary N) is 1. The van der Waals surface area contributed by atoms with Gasteiger partial charge in [0, 0.05) is 69.1 Å². The highest BCUT2D eigenvalue weighted by atomic mass is 16.6. The van der Waals surface area contributed by atoms with Crippen LogP contribution in [0.5, 0.6) is 11.5 Å². The second-order valence-electron chi connectivity index (χ2n) is 15.3. The fourth-order valence-corrected chi connectivity index (χ4v) is 7.39. The van der Waals surface area contributed by atoms with E-state index in [0.717, 1.165) is 0 Å². The van der Waals surface area contributed by atoms with Crippen LogP contribution >= 0.6 is 0 Å². The first-order chi connectivity index (χ1) is 29.2. The van der Waals surface area contributed by atoms with Gasteiger partial charge in [-0.1, -0.05) is 56.1 Å². The molecule has 0 radical (unpaired) electrons. The molecule has 0 aliphatic carbocycles. The summed E-state index contributed by atoms with van der Waals surface area (Å²) in [6, 6.07) is 8.01. The van der Waals surface area contributed by atoms with Gasteiger partial charge in [-0.3, -0.25) is 14.6 Å². The van der Waals surface area contributed by atoms with E-state index in [1.807, 2.05) is 18.7 Å². The van der Waals surface area contributed by atoms with Crippen LogP contribution in [0.25, 0.3) is 11.0 Å². The van der Waals surface area contributed by atoms with Crippen molar-refractivity contribution in [2.45, 2.75) is 77.8 Å².